The molecule has 0 saturated carbocycles. The molecule has 0 aliphatic heterocycles. The summed E-state index contributed by atoms with van der Waals surface area (Å²) in [6.07, 6.45) is 0. The molecule has 7 heteroatoms. The molecule has 0 aliphatic carbocycles. The van der Waals surface area contributed by atoms with Crippen LogP contribution in [0.1, 0.15) is 13.8 Å². The number of hydrogen-bond donors (Lipinski definition) is 1. The molecule has 1 aromatic carbocycles. The minimum absolute atomic E-state index is 0.0787. The minimum atomic E-state index is -3.55. The fourth-order valence-corrected chi connectivity index (χ4v) is 2.98. The van der Waals surface area contributed by atoms with E-state index < -0.39 is 10.0 Å². The minimum Gasteiger partial charge on any atom is -0.210 e. The van der Waals surface area contributed by atoms with Crippen molar-refractivity contribution in [3.63, 3.8) is 0 Å². The van der Waals surface area contributed by atoms with Crippen molar-refractivity contribution in [3.8, 4) is 0 Å². The van der Waals surface area contributed by atoms with Gasteiger partial charge in [-0.2, -0.15) is 0 Å². The summed E-state index contributed by atoms with van der Waals surface area (Å²) in [7, 11) is -3.55. The van der Waals surface area contributed by atoms with Crippen LogP contribution in [0, 0.1) is 5.92 Å². The third kappa shape index (κ3) is 4.38. The maximum absolute atomic E-state index is 12.0. The van der Waals surface area contributed by atoms with E-state index in [9.17, 15) is 8.42 Å². The monoisotopic (exact) mass is 373 g/mol. The zero-order valence-electron chi connectivity index (χ0n) is 9.95. The van der Waals surface area contributed by atoms with Gasteiger partial charge in [0, 0.05) is 11.4 Å². The molecule has 0 saturated heterocycles. The lowest BCUT2D eigenvalue weighted by molar-refractivity contribution is 0.563. The maximum atomic E-state index is 12.0. The van der Waals surface area contributed by atoms with E-state index in [1.807, 2.05) is 13.8 Å². The molecular formula is C11H14BrCl2NO2S. The quantitative estimate of drug-likeness (QED) is 0.798. The van der Waals surface area contributed by atoms with Crippen molar-refractivity contribution < 1.29 is 8.42 Å². The lowest BCUT2D eigenvalue weighted by atomic mass is 10.1. The Hall–Kier alpha value is 0.190. The summed E-state index contributed by atoms with van der Waals surface area (Å²) in [4.78, 5) is 0.190. The molecule has 18 heavy (non-hydrogen) atoms. The Morgan fingerprint density at radius 2 is 1.89 bits per heavy atom. The number of sulfonamides is 1. The highest BCUT2D eigenvalue weighted by Crippen LogP contribution is 2.24. The number of alkyl halides is 1. The first-order chi connectivity index (χ1) is 8.24. The van der Waals surface area contributed by atoms with Gasteiger partial charge >= 0.3 is 0 Å². The van der Waals surface area contributed by atoms with Gasteiger partial charge in [-0.15, -0.1) is 0 Å². The SMILES string of the molecule is CC(C)C(Br)CNS(=O)(=O)c1ccc(Cl)c(Cl)c1. The van der Waals surface area contributed by atoms with E-state index in [-0.39, 0.29) is 14.7 Å². The molecule has 0 heterocycles. The van der Waals surface area contributed by atoms with Gasteiger partial charge in [-0.05, 0) is 24.1 Å². The average molecular weight is 375 g/mol. The molecule has 3 nitrogen and oxygen atoms in total. The Balaban J connectivity index is 2.83. The van der Waals surface area contributed by atoms with Gasteiger partial charge in [-0.3, -0.25) is 0 Å². The Morgan fingerprint density at radius 1 is 1.28 bits per heavy atom. The topological polar surface area (TPSA) is 46.2 Å². The van der Waals surface area contributed by atoms with Crippen LogP contribution in [0.2, 0.25) is 10.0 Å². The van der Waals surface area contributed by atoms with Crippen LogP contribution in [0.15, 0.2) is 23.1 Å². The van der Waals surface area contributed by atoms with Gasteiger partial charge in [-0.1, -0.05) is 53.0 Å². The lowest BCUT2D eigenvalue weighted by Gasteiger charge is -2.14. The van der Waals surface area contributed by atoms with Crippen molar-refractivity contribution in [1.29, 1.82) is 0 Å². The third-order valence-electron chi connectivity index (χ3n) is 2.39. The van der Waals surface area contributed by atoms with Crippen LogP contribution in [0.4, 0.5) is 0 Å². The van der Waals surface area contributed by atoms with Crippen LogP contribution in [0.5, 0.6) is 0 Å². The number of rotatable bonds is 5. The first-order valence-corrected chi connectivity index (χ1v) is 8.48. The Bertz CT molecular complexity index is 520. The molecule has 0 fully saturated rings. The van der Waals surface area contributed by atoms with Crippen molar-refractivity contribution in [2.45, 2.75) is 23.6 Å². The standard InChI is InChI=1S/C11H14BrCl2NO2S/c1-7(2)9(12)6-15-18(16,17)8-3-4-10(13)11(14)5-8/h3-5,7,9,15H,6H2,1-2H3. The molecule has 1 aromatic rings. The molecular weight excluding hydrogens is 361 g/mol. The lowest BCUT2D eigenvalue weighted by Crippen LogP contribution is -2.31. The first-order valence-electron chi connectivity index (χ1n) is 5.33. The van der Waals surface area contributed by atoms with Gasteiger partial charge in [-0.25, -0.2) is 13.1 Å². The van der Waals surface area contributed by atoms with Crippen LogP contribution in [0.25, 0.3) is 0 Å². The summed E-state index contributed by atoms with van der Waals surface area (Å²) >= 11 is 15.0. The van der Waals surface area contributed by atoms with Gasteiger partial charge in [0.1, 0.15) is 0 Å². The molecule has 1 unspecified atom stereocenters. The summed E-state index contributed by atoms with van der Waals surface area (Å²) in [5, 5.41) is 0.551. The van der Waals surface area contributed by atoms with E-state index >= 15 is 0 Å². The van der Waals surface area contributed by atoms with Gasteiger partial charge in [0.05, 0.1) is 14.9 Å². The fraction of sp³-hybridized carbons (Fsp3) is 0.455. The normalized spacial score (nSPS) is 13.9. The predicted molar refractivity (Wildman–Crippen MR) is 79.2 cm³/mol. The molecule has 0 spiro atoms. The Labute approximate surface area is 126 Å². The van der Waals surface area contributed by atoms with Crippen LogP contribution >= 0.6 is 39.1 Å². The fourth-order valence-electron chi connectivity index (χ4n) is 1.15. The smallest absolute Gasteiger partial charge is 0.210 e. The van der Waals surface area contributed by atoms with E-state index in [4.69, 9.17) is 23.2 Å². The van der Waals surface area contributed by atoms with E-state index in [0.717, 1.165) is 0 Å². The molecule has 1 N–H and O–H groups in total. The zero-order valence-corrected chi connectivity index (χ0v) is 13.9. The molecule has 1 rings (SSSR count). The summed E-state index contributed by atoms with van der Waals surface area (Å²) in [5.74, 6) is 0.335. The molecule has 0 aliphatic rings. The van der Waals surface area contributed by atoms with Gasteiger partial charge in [0.15, 0.2) is 0 Å². The second-order valence-corrected chi connectivity index (χ2v) is 7.95. The molecule has 0 radical (unpaired) electrons. The second kappa shape index (κ2) is 6.57. The summed E-state index contributed by atoms with van der Waals surface area (Å²) in [6, 6.07) is 4.23. The van der Waals surface area contributed by atoms with Gasteiger partial charge < -0.3 is 0 Å². The van der Waals surface area contributed by atoms with Crippen molar-refractivity contribution in [3.05, 3.63) is 28.2 Å². The number of nitrogens with one attached hydrogen (secondary N) is 1. The van der Waals surface area contributed by atoms with Crippen molar-refractivity contribution in [1.82, 2.24) is 4.72 Å². The predicted octanol–water partition coefficient (Wildman–Crippen LogP) is 3.69. The number of halogens is 3. The van der Waals surface area contributed by atoms with Crippen LogP contribution in [0.3, 0.4) is 0 Å². The van der Waals surface area contributed by atoms with E-state index in [1.54, 1.807) is 0 Å². The summed E-state index contributed by atoms with van der Waals surface area (Å²) in [6.45, 7) is 4.33. The van der Waals surface area contributed by atoms with E-state index in [1.165, 1.54) is 18.2 Å². The highest BCUT2D eigenvalue weighted by Gasteiger charge is 2.18. The van der Waals surface area contributed by atoms with Gasteiger partial charge in [0.25, 0.3) is 0 Å². The largest absolute Gasteiger partial charge is 0.240 e. The van der Waals surface area contributed by atoms with Crippen LogP contribution < -0.4 is 4.72 Å². The van der Waals surface area contributed by atoms with Crippen molar-refractivity contribution in [2.24, 2.45) is 5.92 Å². The van der Waals surface area contributed by atoms with Crippen LogP contribution in [-0.4, -0.2) is 19.8 Å². The summed E-state index contributed by atoms with van der Waals surface area (Å²) in [5.41, 5.74) is 0. The first kappa shape index (κ1) is 16.2. The van der Waals surface area contributed by atoms with E-state index in [2.05, 4.69) is 20.7 Å². The number of benzene rings is 1. The highest BCUT2D eigenvalue weighted by molar-refractivity contribution is 9.09. The Kier molecular flexibility index (Phi) is 5.93. The van der Waals surface area contributed by atoms with E-state index in [0.29, 0.717) is 17.5 Å². The highest BCUT2D eigenvalue weighted by atomic mass is 79.9. The molecule has 0 aromatic heterocycles. The van der Waals surface area contributed by atoms with Crippen molar-refractivity contribution in [2.75, 3.05) is 6.54 Å². The molecule has 0 amide bonds. The molecule has 102 valence electrons. The maximum Gasteiger partial charge on any atom is 0.240 e. The molecule has 0 bridgehead atoms. The van der Waals surface area contributed by atoms with Crippen LogP contribution in [-0.2, 0) is 10.0 Å². The number of hydrogen-bond acceptors (Lipinski definition) is 2. The molecule has 1 atom stereocenters. The third-order valence-corrected chi connectivity index (χ3v) is 5.93. The summed E-state index contributed by atoms with van der Waals surface area (Å²) < 4.78 is 26.5. The van der Waals surface area contributed by atoms with Gasteiger partial charge in [0.2, 0.25) is 10.0 Å². The zero-order chi connectivity index (χ0) is 13.9. The average Bonchev–Trinajstić information content (AvgIpc) is 2.29. The second-order valence-electron chi connectivity index (χ2n) is 4.19. The Morgan fingerprint density at radius 3 is 2.39 bits per heavy atom. The van der Waals surface area contributed by atoms with Crippen molar-refractivity contribution >= 4 is 49.2 Å².